The molecule has 1 atom stereocenters. The molecule has 1 N–H and O–H groups in total. The van der Waals surface area contributed by atoms with E-state index in [1.165, 1.54) is 18.5 Å². The summed E-state index contributed by atoms with van der Waals surface area (Å²) in [7, 11) is 0. The number of hydrogen-bond donors (Lipinski definition) is 1. The highest BCUT2D eigenvalue weighted by atomic mass is 19.1. The zero-order chi connectivity index (χ0) is 17.6. The van der Waals surface area contributed by atoms with Crippen LogP contribution in [0.1, 0.15) is 34.9 Å². The van der Waals surface area contributed by atoms with Crippen LogP contribution < -0.4 is 0 Å². The normalized spacial score (nSPS) is 11.7. The molecule has 0 aliphatic rings. The summed E-state index contributed by atoms with van der Waals surface area (Å²) in [6, 6.07) is 15.0. The van der Waals surface area contributed by atoms with E-state index in [0.717, 1.165) is 11.1 Å². The van der Waals surface area contributed by atoms with Gasteiger partial charge in [0.15, 0.2) is 0 Å². The SMILES string of the molecule is N#Cc1ccc(C(C(=O)CCc2ccc(F)cc2)c2ncn[nH]2)cc1. The second-order valence-corrected chi connectivity index (χ2v) is 5.63. The Balaban J connectivity index is 1.80. The molecule has 0 radical (unpaired) electrons. The molecule has 0 saturated heterocycles. The molecule has 0 fully saturated rings. The summed E-state index contributed by atoms with van der Waals surface area (Å²) in [5.74, 6) is -0.428. The number of ketones is 1. The van der Waals surface area contributed by atoms with E-state index in [2.05, 4.69) is 21.3 Å². The van der Waals surface area contributed by atoms with Crippen molar-refractivity contribution >= 4 is 5.78 Å². The molecule has 0 bridgehead atoms. The number of aromatic amines is 1. The zero-order valence-corrected chi connectivity index (χ0v) is 13.3. The van der Waals surface area contributed by atoms with Crippen LogP contribution in [0.25, 0.3) is 0 Å². The van der Waals surface area contributed by atoms with Crippen molar-refractivity contribution in [2.24, 2.45) is 0 Å². The highest BCUT2D eigenvalue weighted by molar-refractivity contribution is 5.88. The Morgan fingerprint density at radius 1 is 1.16 bits per heavy atom. The van der Waals surface area contributed by atoms with E-state index in [0.29, 0.717) is 17.8 Å². The Labute approximate surface area is 144 Å². The first-order valence-corrected chi connectivity index (χ1v) is 7.80. The highest BCUT2D eigenvalue weighted by Gasteiger charge is 2.25. The quantitative estimate of drug-likeness (QED) is 0.751. The third-order valence-corrected chi connectivity index (χ3v) is 3.98. The summed E-state index contributed by atoms with van der Waals surface area (Å²) >= 11 is 0. The largest absolute Gasteiger partial charge is 0.299 e. The standard InChI is InChI=1S/C19H15FN4O/c20-16-8-3-13(4-9-16)5-10-17(25)18(19-22-12-23-24-19)15-6-1-14(11-21)2-7-15/h1-4,6-9,12,18H,5,10H2,(H,22,23,24). The van der Waals surface area contributed by atoms with E-state index < -0.39 is 5.92 Å². The van der Waals surface area contributed by atoms with Crippen molar-refractivity contribution in [1.82, 2.24) is 15.2 Å². The van der Waals surface area contributed by atoms with Crippen LogP contribution in [0, 0.1) is 17.1 Å². The van der Waals surface area contributed by atoms with Gasteiger partial charge in [-0.25, -0.2) is 9.37 Å². The first-order chi connectivity index (χ1) is 12.2. The van der Waals surface area contributed by atoms with Crippen LogP contribution in [0.5, 0.6) is 0 Å². The maximum Gasteiger partial charge on any atom is 0.148 e. The van der Waals surface area contributed by atoms with E-state index in [9.17, 15) is 9.18 Å². The van der Waals surface area contributed by atoms with Gasteiger partial charge in [-0.2, -0.15) is 10.4 Å². The first kappa shape index (κ1) is 16.5. The minimum absolute atomic E-state index is 0.0224. The third kappa shape index (κ3) is 3.96. The fourth-order valence-corrected chi connectivity index (χ4v) is 2.66. The van der Waals surface area contributed by atoms with E-state index in [1.807, 2.05) is 0 Å². The van der Waals surface area contributed by atoms with Crippen LogP contribution in [0.3, 0.4) is 0 Å². The maximum atomic E-state index is 13.0. The third-order valence-electron chi connectivity index (χ3n) is 3.98. The number of nitrogens with one attached hydrogen (secondary N) is 1. The van der Waals surface area contributed by atoms with Gasteiger partial charge in [0.2, 0.25) is 0 Å². The second kappa shape index (κ2) is 7.49. The predicted molar refractivity (Wildman–Crippen MR) is 89.1 cm³/mol. The minimum atomic E-state index is -0.573. The molecule has 3 rings (SSSR count). The summed E-state index contributed by atoms with van der Waals surface area (Å²) in [5, 5.41) is 15.5. The van der Waals surface area contributed by atoms with Gasteiger partial charge in [-0.05, 0) is 41.8 Å². The number of H-pyrrole nitrogens is 1. The van der Waals surface area contributed by atoms with Gasteiger partial charge >= 0.3 is 0 Å². The average molecular weight is 334 g/mol. The molecule has 3 aromatic rings. The molecule has 0 aliphatic carbocycles. The van der Waals surface area contributed by atoms with Crippen LogP contribution in [0.2, 0.25) is 0 Å². The lowest BCUT2D eigenvalue weighted by Crippen LogP contribution is -2.16. The number of aryl methyl sites for hydroxylation is 1. The number of Topliss-reactive ketones (excluding diaryl/α,β-unsaturated/α-hetero) is 1. The van der Waals surface area contributed by atoms with Gasteiger partial charge < -0.3 is 0 Å². The summed E-state index contributed by atoms with van der Waals surface area (Å²) in [6.07, 6.45) is 2.16. The first-order valence-electron chi connectivity index (χ1n) is 7.80. The van der Waals surface area contributed by atoms with Crippen LogP contribution in [0.15, 0.2) is 54.9 Å². The lowest BCUT2D eigenvalue weighted by Gasteiger charge is -2.14. The predicted octanol–water partition coefficient (Wildman–Crippen LogP) is 3.15. The van der Waals surface area contributed by atoms with Crippen molar-refractivity contribution < 1.29 is 9.18 Å². The fraction of sp³-hybridized carbons (Fsp3) is 0.158. The smallest absolute Gasteiger partial charge is 0.148 e. The fourth-order valence-electron chi connectivity index (χ4n) is 2.66. The molecule has 124 valence electrons. The molecule has 2 aromatic carbocycles. The van der Waals surface area contributed by atoms with Gasteiger partial charge in [0.25, 0.3) is 0 Å². The van der Waals surface area contributed by atoms with Crippen molar-refractivity contribution in [3.8, 4) is 6.07 Å². The number of hydrogen-bond acceptors (Lipinski definition) is 4. The molecular formula is C19H15FN4O. The van der Waals surface area contributed by atoms with Crippen molar-refractivity contribution in [2.75, 3.05) is 0 Å². The number of carbonyl (C=O) groups excluding carboxylic acids is 1. The van der Waals surface area contributed by atoms with E-state index >= 15 is 0 Å². The topological polar surface area (TPSA) is 82.4 Å². The van der Waals surface area contributed by atoms with E-state index in [-0.39, 0.29) is 18.0 Å². The maximum absolute atomic E-state index is 13.0. The Hall–Kier alpha value is -3.33. The van der Waals surface area contributed by atoms with Crippen LogP contribution in [0.4, 0.5) is 4.39 Å². The van der Waals surface area contributed by atoms with E-state index in [1.54, 1.807) is 36.4 Å². The number of halogens is 1. The number of nitriles is 1. The molecular weight excluding hydrogens is 319 g/mol. The summed E-state index contributed by atoms with van der Waals surface area (Å²) in [6.45, 7) is 0. The number of benzene rings is 2. The molecule has 1 heterocycles. The van der Waals surface area contributed by atoms with Crippen molar-refractivity contribution in [3.05, 3.63) is 83.2 Å². The Morgan fingerprint density at radius 3 is 2.48 bits per heavy atom. The molecule has 5 nitrogen and oxygen atoms in total. The molecule has 25 heavy (non-hydrogen) atoms. The summed E-state index contributed by atoms with van der Waals surface area (Å²) in [4.78, 5) is 16.9. The summed E-state index contributed by atoms with van der Waals surface area (Å²) < 4.78 is 13.0. The summed E-state index contributed by atoms with van der Waals surface area (Å²) in [5.41, 5.74) is 2.17. The van der Waals surface area contributed by atoms with Crippen molar-refractivity contribution in [2.45, 2.75) is 18.8 Å². The van der Waals surface area contributed by atoms with E-state index in [4.69, 9.17) is 5.26 Å². The van der Waals surface area contributed by atoms with Gasteiger partial charge in [-0.1, -0.05) is 24.3 Å². The lowest BCUT2D eigenvalue weighted by molar-refractivity contribution is -0.119. The number of rotatable bonds is 6. The monoisotopic (exact) mass is 334 g/mol. The number of nitrogens with zero attached hydrogens (tertiary/aromatic N) is 3. The van der Waals surface area contributed by atoms with Crippen molar-refractivity contribution in [1.29, 1.82) is 5.26 Å². The molecule has 0 amide bonds. The molecule has 6 heteroatoms. The Kier molecular flexibility index (Phi) is 4.95. The Bertz CT molecular complexity index is 881. The second-order valence-electron chi connectivity index (χ2n) is 5.63. The minimum Gasteiger partial charge on any atom is -0.299 e. The number of carbonyl (C=O) groups is 1. The van der Waals surface area contributed by atoms with Crippen LogP contribution in [-0.4, -0.2) is 21.0 Å². The molecule has 1 aromatic heterocycles. The molecule has 0 aliphatic heterocycles. The average Bonchev–Trinajstić information content (AvgIpc) is 3.16. The lowest BCUT2D eigenvalue weighted by atomic mass is 9.90. The van der Waals surface area contributed by atoms with Gasteiger partial charge in [0, 0.05) is 6.42 Å². The molecule has 0 spiro atoms. The van der Waals surface area contributed by atoms with Gasteiger partial charge in [0.1, 0.15) is 29.7 Å². The molecule has 1 unspecified atom stereocenters. The van der Waals surface area contributed by atoms with Crippen molar-refractivity contribution in [3.63, 3.8) is 0 Å². The Morgan fingerprint density at radius 2 is 1.88 bits per heavy atom. The highest BCUT2D eigenvalue weighted by Crippen LogP contribution is 2.25. The van der Waals surface area contributed by atoms with Gasteiger partial charge in [0.05, 0.1) is 11.6 Å². The molecule has 0 saturated carbocycles. The van der Waals surface area contributed by atoms with Gasteiger partial charge in [-0.15, -0.1) is 0 Å². The zero-order valence-electron chi connectivity index (χ0n) is 13.3. The van der Waals surface area contributed by atoms with Gasteiger partial charge in [-0.3, -0.25) is 9.89 Å². The van der Waals surface area contributed by atoms with Crippen LogP contribution in [-0.2, 0) is 11.2 Å². The number of aromatic nitrogens is 3. The van der Waals surface area contributed by atoms with Crippen LogP contribution >= 0.6 is 0 Å².